The summed E-state index contributed by atoms with van der Waals surface area (Å²) in [6, 6.07) is 1.81. The first kappa shape index (κ1) is 17.5. The number of carbonyl (C=O) groups excluding carboxylic acids is 1. The van der Waals surface area contributed by atoms with Crippen molar-refractivity contribution in [3.05, 3.63) is 29.2 Å². The molecule has 1 saturated carbocycles. The normalized spacial score (nSPS) is 19.9. The van der Waals surface area contributed by atoms with Gasteiger partial charge in [0.05, 0.1) is 18.5 Å². The van der Waals surface area contributed by atoms with Crippen LogP contribution in [-0.4, -0.2) is 40.0 Å². The van der Waals surface area contributed by atoms with Gasteiger partial charge in [0.2, 0.25) is 11.8 Å². The van der Waals surface area contributed by atoms with Crippen LogP contribution in [0.3, 0.4) is 0 Å². The molecule has 1 amide bonds. The maximum absolute atomic E-state index is 12.0. The zero-order valence-electron chi connectivity index (χ0n) is 15.0. The summed E-state index contributed by atoms with van der Waals surface area (Å²) in [7, 11) is 0. The van der Waals surface area contributed by atoms with Crippen molar-refractivity contribution < 1.29 is 9.53 Å². The molecule has 138 valence electrons. The standard InChI is InChI=1S/C19H23ClN4O2/c1-3-19(2,21)15-8-23-17(14-7-22-16(20)6-13(14)15)26-12-9-24(10-12)18(25)11-4-5-11/h6-8,11-12H,3-5,9-10,21H2,1-2H3/t19-/m1/s1. The average Bonchev–Trinajstić information content (AvgIpc) is 3.41. The number of pyridine rings is 2. The van der Waals surface area contributed by atoms with Crippen molar-refractivity contribution in [2.24, 2.45) is 11.7 Å². The molecule has 0 bridgehead atoms. The Kier molecular flexibility index (Phi) is 4.28. The lowest BCUT2D eigenvalue weighted by atomic mass is 9.89. The zero-order valence-corrected chi connectivity index (χ0v) is 15.8. The summed E-state index contributed by atoms with van der Waals surface area (Å²) in [6.45, 7) is 5.25. The molecule has 6 nitrogen and oxygen atoms in total. The minimum absolute atomic E-state index is 0.0367. The van der Waals surface area contributed by atoms with Crippen LogP contribution in [-0.2, 0) is 10.3 Å². The fraction of sp³-hybridized carbons (Fsp3) is 0.526. The smallest absolute Gasteiger partial charge is 0.225 e. The number of carbonyl (C=O) groups is 1. The number of ether oxygens (including phenoxy) is 1. The SMILES string of the molecule is CC[C@@](C)(N)c1cnc(OC2CN(C(=O)C3CC3)C2)c2cnc(Cl)cc12. The van der Waals surface area contributed by atoms with Crippen LogP contribution >= 0.6 is 11.6 Å². The fourth-order valence-electron chi connectivity index (χ4n) is 3.26. The largest absolute Gasteiger partial charge is 0.470 e. The molecule has 1 atom stereocenters. The number of hydrogen-bond acceptors (Lipinski definition) is 5. The predicted molar refractivity (Wildman–Crippen MR) is 100 cm³/mol. The number of fused-ring (bicyclic) bond motifs is 1. The molecule has 0 spiro atoms. The molecule has 0 aromatic carbocycles. The van der Waals surface area contributed by atoms with Crippen LogP contribution < -0.4 is 10.5 Å². The van der Waals surface area contributed by atoms with Crippen molar-refractivity contribution in [3.8, 4) is 5.88 Å². The number of likely N-dealkylation sites (tertiary alicyclic amines) is 1. The lowest BCUT2D eigenvalue weighted by molar-refractivity contribution is -0.141. The minimum Gasteiger partial charge on any atom is -0.470 e. The van der Waals surface area contributed by atoms with Gasteiger partial charge in [-0.2, -0.15) is 0 Å². The number of rotatable bonds is 5. The van der Waals surface area contributed by atoms with E-state index in [-0.39, 0.29) is 17.9 Å². The topological polar surface area (TPSA) is 81.3 Å². The number of nitrogens with two attached hydrogens (primary N) is 1. The first-order chi connectivity index (χ1) is 12.4. The van der Waals surface area contributed by atoms with Gasteiger partial charge in [0.15, 0.2) is 0 Å². The molecule has 0 unspecified atom stereocenters. The molecule has 2 N–H and O–H groups in total. The highest BCUT2D eigenvalue weighted by atomic mass is 35.5. The van der Waals surface area contributed by atoms with E-state index in [9.17, 15) is 4.79 Å². The Morgan fingerprint density at radius 1 is 1.35 bits per heavy atom. The minimum atomic E-state index is -0.515. The molecule has 2 aromatic rings. The van der Waals surface area contributed by atoms with Gasteiger partial charge >= 0.3 is 0 Å². The molecule has 4 rings (SSSR count). The van der Waals surface area contributed by atoms with E-state index in [0.717, 1.165) is 35.6 Å². The van der Waals surface area contributed by atoms with Gasteiger partial charge in [0, 0.05) is 23.9 Å². The third-order valence-corrected chi connectivity index (χ3v) is 5.62. The second-order valence-corrected chi connectivity index (χ2v) is 7.95. The van der Waals surface area contributed by atoms with E-state index < -0.39 is 5.54 Å². The van der Waals surface area contributed by atoms with Gasteiger partial charge in [-0.15, -0.1) is 0 Å². The zero-order chi connectivity index (χ0) is 18.5. The highest BCUT2D eigenvalue weighted by Crippen LogP contribution is 2.36. The van der Waals surface area contributed by atoms with Crippen LogP contribution in [0, 0.1) is 5.92 Å². The third-order valence-electron chi connectivity index (χ3n) is 5.42. The molecule has 2 aliphatic rings. The van der Waals surface area contributed by atoms with E-state index >= 15 is 0 Å². The van der Waals surface area contributed by atoms with E-state index in [1.807, 2.05) is 24.8 Å². The summed E-state index contributed by atoms with van der Waals surface area (Å²) in [6.07, 6.45) is 6.23. The summed E-state index contributed by atoms with van der Waals surface area (Å²) >= 11 is 6.11. The van der Waals surface area contributed by atoms with Crippen LogP contribution in [0.2, 0.25) is 5.15 Å². The van der Waals surface area contributed by atoms with Gasteiger partial charge in [-0.1, -0.05) is 18.5 Å². The highest BCUT2D eigenvalue weighted by Gasteiger charge is 2.40. The van der Waals surface area contributed by atoms with E-state index in [4.69, 9.17) is 22.1 Å². The van der Waals surface area contributed by atoms with Crippen molar-refractivity contribution in [1.29, 1.82) is 0 Å². The van der Waals surface area contributed by atoms with Crippen molar-refractivity contribution in [1.82, 2.24) is 14.9 Å². The molecule has 0 radical (unpaired) electrons. The summed E-state index contributed by atoms with van der Waals surface area (Å²) in [5, 5.41) is 2.11. The van der Waals surface area contributed by atoms with Gasteiger partial charge in [-0.05, 0) is 43.2 Å². The lowest BCUT2D eigenvalue weighted by Crippen LogP contribution is -2.56. The number of aromatic nitrogens is 2. The van der Waals surface area contributed by atoms with E-state index in [2.05, 4.69) is 9.97 Å². The monoisotopic (exact) mass is 374 g/mol. The summed E-state index contributed by atoms with van der Waals surface area (Å²) in [5.74, 6) is 1.02. The first-order valence-electron chi connectivity index (χ1n) is 9.08. The van der Waals surface area contributed by atoms with E-state index in [0.29, 0.717) is 24.1 Å². The Labute approximate surface area is 157 Å². The molecule has 26 heavy (non-hydrogen) atoms. The van der Waals surface area contributed by atoms with Gasteiger partial charge in [0.25, 0.3) is 0 Å². The van der Waals surface area contributed by atoms with Crippen LogP contribution in [0.15, 0.2) is 18.5 Å². The van der Waals surface area contributed by atoms with E-state index in [1.165, 1.54) is 0 Å². The second kappa shape index (κ2) is 6.35. The molecule has 1 aliphatic heterocycles. The molecule has 3 heterocycles. The Balaban J connectivity index is 1.58. The van der Waals surface area contributed by atoms with Crippen LogP contribution in [0.1, 0.15) is 38.7 Å². The quantitative estimate of drug-likeness (QED) is 0.814. The maximum atomic E-state index is 12.0. The number of amides is 1. The Morgan fingerprint density at radius 3 is 2.73 bits per heavy atom. The van der Waals surface area contributed by atoms with E-state index in [1.54, 1.807) is 12.4 Å². The van der Waals surface area contributed by atoms with Gasteiger partial charge in [-0.25, -0.2) is 9.97 Å². The molecule has 2 aromatic heterocycles. The Hall–Kier alpha value is -1.92. The van der Waals surface area contributed by atoms with Crippen molar-refractivity contribution in [2.75, 3.05) is 13.1 Å². The number of halogens is 1. The molecule has 1 saturated heterocycles. The predicted octanol–water partition coefficient (Wildman–Crippen LogP) is 2.87. The van der Waals surface area contributed by atoms with Crippen LogP contribution in [0.25, 0.3) is 10.8 Å². The molecule has 7 heteroatoms. The molecular formula is C19H23ClN4O2. The van der Waals surface area contributed by atoms with Gasteiger partial charge in [0.1, 0.15) is 11.3 Å². The average molecular weight is 375 g/mol. The first-order valence-corrected chi connectivity index (χ1v) is 9.46. The van der Waals surface area contributed by atoms with Gasteiger partial charge in [-0.3, -0.25) is 4.79 Å². The number of nitrogens with zero attached hydrogens (tertiary/aromatic N) is 3. The molecule has 1 aliphatic carbocycles. The summed E-state index contributed by atoms with van der Waals surface area (Å²) in [5.41, 5.74) is 6.85. The van der Waals surface area contributed by atoms with Crippen molar-refractivity contribution in [2.45, 2.75) is 44.8 Å². The lowest BCUT2D eigenvalue weighted by Gasteiger charge is -2.39. The molecule has 2 fully saturated rings. The Morgan fingerprint density at radius 2 is 2.08 bits per heavy atom. The van der Waals surface area contributed by atoms with Crippen molar-refractivity contribution >= 4 is 28.3 Å². The third kappa shape index (κ3) is 3.12. The second-order valence-electron chi connectivity index (χ2n) is 7.56. The Bertz CT molecular complexity index is 860. The van der Waals surface area contributed by atoms with Crippen LogP contribution in [0.5, 0.6) is 5.88 Å². The molecular weight excluding hydrogens is 352 g/mol. The van der Waals surface area contributed by atoms with Crippen molar-refractivity contribution in [3.63, 3.8) is 0 Å². The fourth-order valence-corrected chi connectivity index (χ4v) is 3.42. The number of hydrogen-bond donors (Lipinski definition) is 1. The summed E-state index contributed by atoms with van der Waals surface area (Å²) < 4.78 is 6.06. The summed E-state index contributed by atoms with van der Waals surface area (Å²) in [4.78, 5) is 22.6. The maximum Gasteiger partial charge on any atom is 0.225 e. The van der Waals surface area contributed by atoms with Gasteiger partial charge < -0.3 is 15.4 Å². The highest BCUT2D eigenvalue weighted by molar-refractivity contribution is 6.30. The van der Waals surface area contributed by atoms with Crippen LogP contribution in [0.4, 0.5) is 0 Å².